The molecule has 11 heteroatoms. The van der Waals surface area contributed by atoms with Crippen LogP contribution in [-0.2, 0) is 21.9 Å². The number of nitrogens with zero attached hydrogens (tertiary/aromatic N) is 5. The monoisotopic (exact) mass is 444 g/mol. The topological polar surface area (TPSA) is 123 Å². The Hall–Kier alpha value is -3.05. The van der Waals surface area contributed by atoms with Gasteiger partial charge in [0.25, 0.3) is 5.89 Å². The second-order valence-electron chi connectivity index (χ2n) is 7.71. The second-order valence-corrected chi connectivity index (χ2v) is 9.65. The number of carbonyl (C=O) groups is 1. The highest BCUT2D eigenvalue weighted by Crippen LogP contribution is 2.26. The van der Waals surface area contributed by atoms with Crippen molar-refractivity contribution >= 4 is 21.9 Å². The molecule has 10 nitrogen and oxygen atoms in total. The summed E-state index contributed by atoms with van der Waals surface area (Å²) in [6.07, 6.45) is 1.17. The molecule has 4 rings (SSSR count). The van der Waals surface area contributed by atoms with Crippen LogP contribution in [0.15, 0.2) is 39.6 Å². The maximum atomic E-state index is 13.0. The molecule has 1 fully saturated rings. The van der Waals surface area contributed by atoms with E-state index in [0.717, 1.165) is 11.3 Å². The minimum atomic E-state index is -3.66. The summed E-state index contributed by atoms with van der Waals surface area (Å²) < 4.78 is 34.5. The molecule has 31 heavy (non-hydrogen) atoms. The van der Waals surface area contributed by atoms with Crippen LogP contribution in [-0.4, -0.2) is 51.7 Å². The maximum absolute atomic E-state index is 13.0. The Morgan fingerprint density at radius 3 is 2.61 bits per heavy atom. The number of anilines is 1. The first-order valence-corrected chi connectivity index (χ1v) is 11.4. The number of carbonyl (C=O) groups excluding carboxylic acids is 1. The van der Waals surface area contributed by atoms with Gasteiger partial charge >= 0.3 is 6.01 Å². The van der Waals surface area contributed by atoms with Crippen LogP contribution in [0.1, 0.15) is 24.1 Å². The molecule has 1 amide bonds. The predicted molar refractivity (Wildman–Crippen MR) is 113 cm³/mol. The zero-order chi connectivity index (χ0) is 22.2. The van der Waals surface area contributed by atoms with Crippen molar-refractivity contribution in [1.29, 1.82) is 0 Å². The largest absolute Gasteiger partial charge is 0.401 e. The van der Waals surface area contributed by atoms with Gasteiger partial charge in [0.2, 0.25) is 15.9 Å². The van der Waals surface area contributed by atoms with Gasteiger partial charge in [0.15, 0.2) is 0 Å². The molecule has 1 aromatic carbocycles. The Balaban J connectivity index is 1.45. The average Bonchev–Trinajstić information content (AvgIpc) is 3.33. The molecule has 0 unspecified atom stereocenters. The lowest BCUT2D eigenvalue weighted by molar-refractivity contribution is -0.121. The van der Waals surface area contributed by atoms with Gasteiger partial charge in [0.05, 0.1) is 16.5 Å². The molecule has 3 heterocycles. The summed E-state index contributed by atoms with van der Waals surface area (Å²) in [6.45, 7) is 4.23. The molecule has 0 spiro atoms. The van der Waals surface area contributed by atoms with Crippen LogP contribution in [0.3, 0.4) is 0 Å². The molecule has 0 saturated carbocycles. The predicted octanol–water partition coefficient (Wildman–Crippen LogP) is 2.13. The Morgan fingerprint density at radius 1 is 1.19 bits per heavy atom. The van der Waals surface area contributed by atoms with E-state index in [4.69, 9.17) is 4.42 Å². The van der Waals surface area contributed by atoms with Gasteiger partial charge in [-0.1, -0.05) is 22.8 Å². The van der Waals surface area contributed by atoms with E-state index in [0.29, 0.717) is 25.1 Å². The molecular formula is C20H24N6O4S. The van der Waals surface area contributed by atoms with Crippen LogP contribution >= 0.6 is 0 Å². The van der Waals surface area contributed by atoms with Gasteiger partial charge in [0.1, 0.15) is 5.69 Å². The molecule has 0 radical (unpaired) electrons. The molecular weight excluding hydrogens is 420 g/mol. The van der Waals surface area contributed by atoms with Crippen molar-refractivity contribution in [2.75, 3.05) is 18.4 Å². The molecule has 164 valence electrons. The van der Waals surface area contributed by atoms with E-state index in [2.05, 4.69) is 20.6 Å². The van der Waals surface area contributed by atoms with Crippen molar-refractivity contribution in [3.05, 3.63) is 41.6 Å². The lowest BCUT2D eigenvalue weighted by atomic mass is 9.99. The smallest absolute Gasteiger partial charge is 0.322 e. The summed E-state index contributed by atoms with van der Waals surface area (Å²) in [5, 5.41) is 14.7. The fourth-order valence-electron chi connectivity index (χ4n) is 3.63. The molecule has 1 aliphatic heterocycles. The van der Waals surface area contributed by atoms with E-state index in [-0.39, 0.29) is 29.3 Å². The van der Waals surface area contributed by atoms with Gasteiger partial charge < -0.3 is 4.42 Å². The number of rotatable bonds is 5. The molecule has 1 atom stereocenters. The zero-order valence-electron chi connectivity index (χ0n) is 17.6. The lowest BCUT2D eigenvalue weighted by Crippen LogP contribution is -2.43. The third-order valence-electron chi connectivity index (χ3n) is 5.29. The number of benzene rings is 1. The molecule has 3 aromatic rings. The lowest BCUT2D eigenvalue weighted by Gasteiger charge is -2.30. The van der Waals surface area contributed by atoms with Crippen molar-refractivity contribution in [2.24, 2.45) is 13.0 Å². The van der Waals surface area contributed by atoms with Crippen molar-refractivity contribution < 1.29 is 17.6 Å². The number of nitrogens with one attached hydrogen (secondary N) is 1. The summed E-state index contributed by atoms with van der Waals surface area (Å²) in [4.78, 5) is 13.0. The van der Waals surface area contributed by atoms with Crippen LogP contribution in [0, 0.1) is 19.8 Å². The molecule has 1 aliphatic rings. The van der Waals surface area contributed by atoms with Gasteiger partial charge in [-0.25, -0.2) is 8.42 Å². The second kappa shape index (κ2) is 8.23. The number of amides is 1. The number of hydrogen-bond acceptors (Lipinski definition) is 7. The van der Waals surface area contributed by atoms with E-state index in [1.807, 2.05) is 13.8 Å². The van der Waals surface area contributed by atoms with Crippen LogP contribution < -0.4 is 5.32 Å². The highest BCUT2D eigenvalue weighted by molar-refractivity contribution is 7.89. The standard InChI is InChI=1S/C20H24N6O4S/c1-13-6-8-16(9-7-13)31(28,29)26-10-4-5-15(12-26)18(27)21-20-23-22-19(30-20)17-11-14(2)24-25(17)3/h6-9,11,15H,4-5,10,12H2,1-3H3,(H,21,23,27)/t15-/m1/s1. The van der Waals surface area contributed by atoms with Crippen molar-refractivity contribution in [1.82, 2.24) is 24.3 Å². The molecule has 0 aliphatic carbocycles. The van der Waals surface area contributed by atoms with Crippen molar-refractivity contribution in [3.8, 4) is 11.6 Å². The summed E-state index contributed by atoms with van der Waals surface area (Å²) in [5.74, 6) is -0.617. The van der Waals surface area contributed by atoms with Gasteiger partial charge in [0, 0.05) is 20.1 Å². The van der Waals surface area contributed by atoms with Crippen LogP contribution in [0.5, 0.6) is 0 Å². The Kier molecular flexibility index (Phi) is 5.63. The highest BCUT2D eigenvalue weighted by Gasteiger charge is 2.33. The third-order valence-corrected chi connectivity index (χ3v) is 7.17. The van der Waals surface area contributed by atoms with Crippen LogP contribution in [0.2, 0.25) is 0 Å². The van der Waals surface area contributed by atoms with E-state index in [1.54, 1.807) is 42.1 Å². The van der Waals surface area contributed by atoms with Gasteiger partial charge in [-0.3, -0.25) is 14.8 Å². The van der Waals surface area contributed by atoms with Gasteiger partial charge in [-0.05, 0) is 44.9 Å². The summed E-state index contributed by atoms with van der Waals surface area (Å²) in [5.41, 5.74) is 2.42. The Morgan fingerprint density at radius 2 is 1.94 bits per heavy atom. The van der Waals surface area contributed by atoms with Crippen molar-refractivity contribution in [2.45, 2.75) is 31.6 Å². The number of piperidine rings is 1. The van der Waals surface area contributed by atoms with E-state index < -0.39 is 15.9 Å². The molecule has 0 bridgehead atoms. The SMILES string of the molecule is Cc1ccc(S(=O)(=O)N2CCC[C@@H](C(=O)Nc3nnc(-c4cc(C)nn4C)o3)C2)cc1. The third kappa shape index (κ3) is 4.37. The minimum absolute atomic E-state index is 0.0302. The van der Waals surface area contributed by atoms with E-state index in [1.165, 1.54) is 4.31 Å². The number of aromatic nitrogens is 4. The minimum Gasteiger partial charge on any atom is -0.401 e. The number of hydrogen-bond donors (Lipinski definition) is 1. The Bertz CT molecular complexity index is 1200. The van der Waals surface area contributed by atoms with Gasteiger partial charge in [-0.15, -0.1) is 5.10 Å². The average molecular weight is 445 g/mol. The first-order valence-electron chi connectivity index (χ1n) is 9.96. The number of sulfonamides is 1. The molecule has 2 aromatic heterocycles. The molecule has 1 N–H and O–H groups in total. The van der Waals surface area contributed by atoms with Crippen LogP contribution in [0.4, 0.5) is 6.01 Å². The van der Waals surface area contributed by atoms with E-state index in [9.17, 15) is 13.2 Å². The molecule has 1 saturated heterocycles. The van der Waals surface area contributed by atoms with Crippen molar-refractivity contribution in [3.63, 3.8) is 0 Å². The quantitative estimate of drug-likeness (QED) is 0.639. The van der Waals surface area contributed by atoms with E-state index >= 15 is 0 Å². The first kappa shape index (κ1) is 21.2. The Labute approximate surface area is 180 Å². The van der Waals surface area contributed by atoms with Gasteiger partial charge in [-0.2, -0.15) is 9.40 Å². The highest BCUT2D eigenvalue weighted by atomic mass is 32.2. The summed E-state index contributed by atoms with van der Waals surface area (Å²) in [7, 11) is -1.90. The normalized spacial score (nSPS) is 17.6. The van der Waals surface area contributed by atoms with Crippen LogP contribution in [0.25, 0.3) is 11.6 Å². The summed E-state index contributed by atoms with van der Waals surface area (Å²) >= 11 is 0. The first-order chi connectivity index (χ1) is 14.7. The summed E-state index contributed by atoms with van der Waals surface area (Å²) in [6, 6.07) is 8.48. The zero-order valence-corrected chi connectivity index (χ0v) is 18.4. The fourth-order valence-corrected chi connectivity index (χ4v) is 5.15. The number of aryl methyl sites for hydroxylation is 3. The fraction of sp³-hybridized carbons (Fsp3) is 0.400. The maximum Gasteiger partial charge on any atom is 0.322 e.